The number of benzene rings is 1. The summed E-state index contributed by atoms with van der Waals surface area (Å²) < 4.78 is 40.8. The van der Waals surface area contributed by atoms with Crippen LogP contribution in [0.4, 0.5) is 18.9 Å². The summed E-state index contributed by atoms with van der Waals surface area (Å²) in [5, 5.41) is 2.32. The van der Waals surface area contributed by atoms with Gasteiger partial charge in [0.05, 0.1) is 5.56 Å². The van der Waals surface area contributed by atoms with Gasteiger partial charge >= 0.3 is 12.1 Å². The van der Waals surface area contributed by atoms with Crippen molar-refractivity contribution >= 4 is 40.8 Å². The Balaban J connectivity index is 1.85. The maximum absolute atomic E-state index is 12.4. The van der Waals surface area contributed by atoms with E-state index in [2.05, 4.69) is 5.32 Å². The number of carbonyl (C=O) groups excluding carboxylic acids is 2. The molecule has 9 heteroatoms. The van der Waals surface area contributed by atoms with Crippen LogP contribution in [0.1, 0.15) is 18.9 Å². The van der Waals surface area contributed by atoms with Crippen LogP contribution in [-0.2, 0) is 20.5 Å². The van der Waals surface area contributed by atoms with Crippen LogP contribution in [0.15, 0.2) is 24.3 Å². The van der Waals surface area contributed by atoms with Crippen molar-refractivity contribution in [1.82, 2.24) is 0 Å². The first kappa shape index (κ1) is 17.9. The highest BCUT2D eigenvalue weighted by Crippen LogP contribution is 2.64. The van der Waals surface area contributed by atoms with E-state index < -0.39 is 40.0 Å². The molecule has 0 saturated heterocycles. The van der Waals surface area contributed by atoms with Crippen molar-refractivity contribution in [3.63, 3.8) is 0 Å². The summed E-state index contributed by atoms with van der Waals surface area (Å²) in [4.78, 5) is 23.4. The number of nitrogens with one attached hydrogen (secondary N) is 1. The molecule has 2 rings (SSSR count). The van der Waals surface area contributed by atoms with E-state index in [9.17, 15) is 22.8 Å². The lowest BCUT2D eigenvalue weighted by molar-refractivity contribution is -0.152. The number of hydrogen-bond acceptors (Lipinski definition) is 3. The van der Waals surface area contributed by atoms with Gasteiger partial charge in [-0.3, -0.25) is 9.59 Å². The fourth-order valence-electron chi connectivity index (χ4n) is 1.85. The van der Waals surface area contributed by atoms with Crippen molar-refractivity contribution in [1.29, 1.82) is 0 Å². The van der Waals surface area contributed by atoms with Crippen LogP contribution in [0, 0.1) is 5.41 Å². The van der Waals surface area contributed by atoms with Gasteiger partial charge in [-0.05, 0) is 31.2 Å². The number of anilines is 1. The third-order valence-corrected chi connectivity index (χ3v) is 4.64. The van der Waals surface area contributed by atoms with E-state index in [0.717, 1.165) is 24.3 Å². The maximum Gasteiger partial charge on any atom is 0.416 e. The lowest BCUT2D eigenvalue weighted by Gasteiger charge is -2.12. The largest absolute Gasteiger partial charge is 0.455 e. The quantitative estimate of drug-likeness (QED) is 0.649. The second-order valence-corrected chi connectivity index (χ2v) is 6.90. The average Bonchev–Trinajstić information content (AvgIpc) is 2.96. The molecule has 0 radical (unpaired) electrons. The van der Waals surface area contributed by atoms with E-state index in [-0.39, 0.29) is 12.1 Å². The van der Waals surface area contributed by atoms with Crippen molar-refractivity contribution in [3.05, 3.63) is 29.8 Å². The lowest BCUT2D eigenvalue weighted by Crippen LogP contribution is -2.26. The topological polar surface area (TPSA) is 55.4 Å². The van der Waals surface area contributed by atoms with Gasteiger partial charge in [0, 0.05) is 12.1 Å². The van der Waals surface area contributed by atoms with E-state index in [1.54, 1.807) is 0 Å². The number of carbonyl (C=O) groups is 2. The van der Waals surface area contributed by atoms with Crippen LogP contribution in [0.3, 0.4) is 0 Å². The first-order valence-electron chi connectivity index (χ1n) is 6.48. The van der Waals surface area contributed by atoms with Gasteiger partial charge in [-0.25, -0.2) is 0 Å². The molecule has 1 aromatic rings. The molecular weight excluding hydrogens is 358 g/mol. The molecule has 4 nitrogen and oxygen atoms in total. The van der Waals surface area contributed by atoms with Gasteiger partial charge in [-0.1, -0.05) is 0 Å². The van der Waals surface area contributed by atoms with E-state index in [1.165, 1.54) is 6.92 Å². The van der Waals surface area contributed by atoms with Crippen molar-refractivity contribution in [2.45, 2.75) is 23.9 Å². The molecule has 1 atom stereocenters. The molecule has 1 fully saturated rings. The summed E-state index contributed by atoms with van der Waals surface area (Å²) in [6, 6.07) is 3.88. The summed E-state index contributed by atoms with van der Waals surface area (Å²) in [5.41, 5.74) is -1.73. The predicted octanol–water partition coefficient (Wildman–Crippen LogP) is 3.77. The van der Waals surface area contributed by atoms with Crippen LogP contribution in [0.2, 0.25) is 0 Å². The normalized spacial score (nSPS) is 22.3. The molecule has 1 saturated carbocycles. The predicted molar refractivity (Wildman–Crippen MR) is 78.2 cm³/mol. The summed E-state index contributed by atoms with van der Waals surface area (Å²) in [6.45, 7) is 0.933. The second kappa shape index (κ2) is 5.87. The minimum absolute atomic E-state index is 0.153. The van der Waals surface area contributed by atoms with Crippen molar-refractivity contribution in [2.75, 3.05) is 11.9 Å². The van der Waals surface area contributed by atoms with Gasteiger partial charge in [0.25, 0.3) is 5.91 Å². The first-order valence-corrected chi connectivity index (χ1v) is 7.23. The molecule has 23 heavy (non-hydrogen) atoms. The van der Waals surface area contributed by atoms with Crippen molar-refractivity contribution in [3.8, 4) is 0 Å². The van der Waals surface area contributed by atoms with Gasteiger partial charge in [0.2, 0.25) is 0 Å². The molecule has 126 valence electrons. The maximum atomic E-state index is 12.4. The standard InChI is InChI=1S/C14H12Cl2F3NO3/c1-12(7-13(12,15)16)11(22)23-6-10(21)20-9-4-2-8(3-5-9)14(17,18)19/h2-5H,6-7H2,1H3,(H,20,21)/t12-/m0/s1. The Bertz CT molecular complexity index is 631. The number of amides is 1. The van der Waals surface area contributed by atoms with Crippen molar-refractivity contribution < 1.29 is 27.5 Å². The molecular formula is C14H12Cl2F3NO3. The monoisotopic (exact) mass is 369 g/mol. The number of esters is 1. The molecule has 0 unspecified atom stereocenters. The van der Waals surface area contributed by atoms with Crippen LogP contribution < -0.4 is 5.32 Å². The summed E-state index contributed by atoms with van der Waals surface area (Å²) in [6.07, 6.45) is -4.23. The molecule has 0 spiro atoms. The molecule has 1 aliphatic carbocycles. The average molecular weight is 370 g/mol. The van der Waals surface area contributed by atoms with Gasteiger partial charge < -0.3 is 10.1 Å². The molecule has 1 amide bonds. The van der Waals surface area contributed by atoms with Crippen molar-refractivity contribution in [2.24, 2.45) is 5.41 Å². The van der Waals surface area contributed by atoms with Crippen LogP contribution in [-0.4, -0.2) is 22.8 Å². The fourth-order valence-corrected chi connectivity index (χ4v) is 2.54. The fraction of sp³-hybridized carbons (Fsp3) is 0.429. The third-order valence-electron chi connectivity index (χ3n) is 3.54. The number of hydrogen-bond donors (Lipinski definition) is 1. The summed E-state index contributed by atoms with van der Waals surface area (Å²) in [5.74, 6) is -1.39. The lowest BCUT2D eigenvalue weighted by atomic mass is 10.1. The Hall–Kier alpha value is -1.47. The van der Waals surface area contributed by atoms with Gasteiger partial charge in [0.15, 0.2) is 6.61 Å². The highest BCUT2D eigenvalue weighted by molar-refractivity contribution is 6.53. The summed E-state index contributed by atoms with van der Waals surface area (Å²) in [7, 11) is 0. The zero-order valence-electron chi connectivity index (χ0n) is 11.8. The van der Waals surface area contributed by atoms with Crippen LogP contribution in [0.5, 0.6) is 0 Å². The van der Waals surface area contributed by atoms with Crippen LogP contribution >= 0.6 is 23.2 Å². The van der Waals surface area contributed by atoms with Crippen LogP contribution in [0.25, 0.3) is 0 Å². The third kappa shape index (κ3) is 3.90. The first-order chi connectivity index (χ1) is 10.5. The molecule has 0 aromatic heterocycles. The summed E-state index contributed by atoms with van der Waals surface area (Å²) >= 11 is 11.6. The van der Waals surface area contributed by atoms with E-state index in [0.29, 0.717) is 0 Å². The molecule has 0 heterocycles. The van der Waals surface area contributed by atoms with E-state index in [1.807, 2.05) is 0 Å². The number of rotatable bonds is 4. The van der Waals surface area contributed by atoms with Gasteiger partial charge in [-0.15, -0.1) is 23.2 Å². The highest BCUT2D eigenvalue weighted by atomic mass is 35.5. The molecule has 0 aliphatic heterocycles. The SMILES string of the molecule is C[C@@]1(C(=O)OCC(=O)Nc2ccc(C(F)(F)F)cc2)CC1(Cl)Cl. The number of halogens is 5. The Morgan fingerprint density at radius 1 is 1.26 bits per heavy atom. The molecule has 0 bridgehead atoms. The Kier molecular flexibility index (Phi) is 4.56. The minimum Gasteiger partial charge on any atom is -0.455 e. The molecule has 1 N–H and O–H groups in total. The van der Waals surface area contributed by atoms with Gasteiger partial charge in [0.1, 0.15) is 9.75 Å². The minimum atomic E-state index is -4.45. The zero-order chi connectivity index (χ0) is 17.5. The van der Waals surface area contributed by atoms with E-state index in [4.69, 9.17) is 27.9 Å². The number of ether oxygens (including phenoxy) is 1. The second-order valence-electron chi connectivity index (χ2n) is 5.41. The Morgan fingerprint density at radius 3 is 2.22 bits per heavy atom. The Labute approximate surface area is 139 Å². The van der Waals surface area contributed by atoms with Gasteiger partial charge in [-0.2, -0.15) is 13.2 Å². The molecule has 1 aliphatic rings. The smallest absolute Gasteiger partial charge is 0.416 e. The highest BCUT2D eigenvalue weighted by Gasteiger charge is 2.69. The Morgan fingerprint density at radius 2 is 1.78 bits per heavy atom. The number of alkyl halides is 5. The van der Waals surface area contributed by atoms with E-state index >= 15 is 0 Å². The molecule has 1 aromatic carbocycles. The zero-order valence-corrected chi connectivity index (χ0v) is 13.4.